The van der Waals surface area contributed by atoms with Gasteiger partial charge in [0.05, 0.1) is 10.6 Å². The summed E-state index contributed by atoms with van der Waals surface area (Å²) in [6, 6.07) is 14.4. The molecule has 5 nitrogen and oxygen atoms in total. The number of hydrogen-bond acceptors (Lipinski definition) is 3. The highest BCUT2D eigenvalue weighted by Crippen LogP contribution is 2.23. The monoisotopic (exact) mass is 304 g/mol. The fourth-order valence-electron chi connectivity index (χ4n) is 2.00. The third-order valence-electron chi connectivity index (χ3n) is 3.06. The van der Waals surface area contributed by atoms with E-state index in [1.54, 1.807) is 49.4 Å². The van der Waals surface area contributed by atoms with Crippen molar-refractivity contribution in [3.05, 3.63) is 60.2 Å². The lowest BCUT2D eigenvalue weighted by atomic mass is 10.2. The van der Waals surface area contributed by atoms with Crippen LogP contribution >= 0.6 is 0 Å². The van der Waals surface area contributed by atoms with E-state index in [1.807, 2.05) is 0 Å². The number of carbonyl (C=O) groups excluding carboxylic acids is 1. The maximum Gasteiger partial charge on any atom is 0.264 e. The minimum Gasteiger partial charge on any atom is -0.366 e. The van der Waals surface area contributed by atoms with Gasteiger partial charge >= 0.3 is 0 Å². The Kier molecular flexibility index (Phi) is 4.28. The first-order valence-corrected chi connectivity index (χ1v) is 7.88. The summed E-state index contributed by atoms with van der Waals surface area (Å²) in [5, 5.41) is 0. The summed E-state index contributed by atoms with van der Waals surface area (Å²) < 4.78 is 26.5. The van der Waals surface area contributed by atoms with Gasteiger partial charge in [-0.05, 0) is 43.3 Å². The van der Waals surface area contributed by atoms with Crippen LogP contribution < -0.4 is 10.0 Å². The maximum atomic E-state index is 12.6. The smallest absolute Gasteiger partial charge is 0.264 e. The Hall–Kier alpha value is -2.34. The summed E-state index contributed by atoms with van der Waals surface area (Å²) in [4.78, 5) is 11.3. The lowest BCUT2D eigenvalue weighted by Crippen LogP contribution is -2.30. The van der Waals surface area contributed by atoms with E-state index in [4.69, 9.17) is 5.73 Å². The van der Waals surface area contributed by atoms with Crippen LogP contribution in [0.2, 0.25) is 0 Å². The normalized spacial score (nSPS) is 11.1. The minimum absolute atomic E-state index is 0.228. The summed E-state index contributed by atoms with van der Waals surface area (Å²) in [5.41, 5.74) is 6.01. The molecule has 1 amide bonds. The number of anilines is 1. The zero-order valence-electron chi connectivity index (χ0n) is 11.6. The molecule has 0 bridgehead atoms. The highest BCUT2D eigenvalue weighted by Gasteiger charge is 2.23. The molecule has 0 heterocycles. The van der Waals surface area contributed by atoms with Crippen molar-refractivity contribution in [2.45, 2.75) is 11.8 Å². The van der Waals surface area contributed by atoms with E-state index < -0.39 is 15.9 Å². The molecule has 21 heavy (non-hydrogen) atoms. The largest absolute Gasteiger partial charge is 0.366 e. The molecule has 0 aromatic heterocycles. The molecule has 0 fully saturated rings. The van der Waals surface area contributed by atoms with Gasteiger partial charge in [-0.15, -0.1) is 0 Å². The number of amides is 1. The molecule has 2 aromatic carbocycles. The molecule has 2 aromatic rings. The van der Waals surface area contributed by atoms with Crippen LogP contribution in [0.5, 0.6) is 0 Å². The molecule has 0 radical (unpaired) electrons. The Morgan fingerprint density at radius 2 is 1.62 bits per heavy atom. The summed E-state index contributed by atoms with van der Waals surface area (Å²) in [5.74, 6) is -0.546. The van der Waals surface area contributed by atoms with E-state index in [2.05, 4.69) is 0 Å². The third-order valence-corrected chi connectivity index (χ3v) is 4.98. The molecular formula is C15H16N2O3S. The Morgan fingerprint density at radius 1 is 1.05 bits per heavy atom. The van der Waals surface area contributed by atoms with Gasteiger partial charge in [0.1, 0.15) is 0 Å². The number of benzene rings is 2. The first kappa shape index (κ1) is 15.1. The first-order chi connectivity index (χ1) is 9.96. The molecule has 110 valence electrons. The van der Waals surface area contributed by atoms with Gasteiger partial charge in [-0.3, -0.25) is 9.10 Å². The van der Waals surface area contributed by atoms with E-state index in [-0.39, 0.29) is 11.4 Å². The molecule has 0 aliphatic rings. The van der Waals surface area contributed by atoms with Crippen LogP contribution in [0.15, 0.2) is 59.5 Å². The van der Waals surface area contributed by atoms with Crippen molar-refractivity contribution in [3.8, 4) is 0 Å². The van der Waals surface area contributed by atoms with Gasteiger partial charge in [0.15, 0.2) is 0 Å². The molecule has 0 saturated heterocycles. The highest BCUT2D eigenvalue weighted by atomic mass is 32.2. The fraction of sp³-hybridized carbons (Fsp3) is 0.133. The molecule has 0 unspecified atom stereocenters. The standard InChI is InChI=1S/C15H16N2O3S/c1-2-17(13-10-8-12(9-11-13)15(16)18)21(19,20)14-6-4-3-5-7-14/h3-11H,2H2,1H3,(H2,16,18). The lowest BCUT2D eigenvalue weighted by molar-refractivity contribution is 0.100. The van der Waals surface area contributed by atoms with Crippen LogP contribution in [0.1, 0.15) is 17.3 Å². The van der Waals surface area contributed by atoms with Gasteiger partial charge in [0.25, 0.3) is 10.0 Å². The Balaban J connectivity index is 2.42. The number of hydrogen-bond donors (Lipinski definition) is 1. The summed E-state index contributed by atoms with van der Waals surface area (Å²) in [7, 11) is -3.62. The number of sulfonamides is 1. The quantitative estimate of drug-likeness (QED) is 0.917. The van der Waals surface area contributed by atoms with E-state index in [9.17, 15) is 13.2 Å². The molecule has 0 spiro atoms. The van der Waals surface area contributed by atoms with Crippen molar-refractivity contribution in [1.29, 1.82) is 0 Å². The van der Waals surface area contributed by atoms with Crippen LogP contribution in [-0.4, -0.2) is 20.9 Å². The summed E-state index contributed by atoms with van der Waals surface area (Å²) in [6.07, 6.45) is 0. The van der Waals surface area contributed by atoms with E-state index in [0.29, 0.717) is 11.3 Å². The second kappa shape index (κ2) is 5.97. The zero-order chi connectivity index (χ0) is 15.5. The maximum absolute atomic E-state index is 12.6. The van der Waals surface area contributed by atoms with Gasteiger partial charge in [-0.25, -0.2) is 8.42 Å². The summed E-state index contributed by atoms with van der Waals surface area (Å²) in [6.45, 7) is 2.04. The van der Waals surface area contributed by atoms with Gasteiger partial charge in [0.2, 0.25) is 5.91 Å². The number of primary amides is 1. The van der Waals surface area contributed by atoms with Gasteiger partial charge in [-0.2, -0.15) is 0 Å². The molecule has 0 atom stereocenters. The second-order valence-electron chi connectivity index (χ2n) is 4.39. The highest BCUT2D eigenvalue weighted by molar-refractivity contribution is 7.92. The van der Waals surface area contributed by atoms with Crippen LogP contribution in [0.25, 0.3) is 0 Å². The van der Waals surface area contributed by atoms with Gasteiger partial charge < -0.3 is 5.73 Å². The SMILES string of the molecule is CCN(c1ccc(C(N)=O)cc1)S(=O)(=O)c1ccccc1. The number of carbonyl (C=O) groups is 1. The van der Waals surface area contributed by atoms with Crippen LogP contribution in [0, 0.1) is 0 Å². The van der Waals surface area contributed by atoms with Crippen LogP contribution in [0.3, 0.4) is 0 Å². The topological polar surface area (TPSA) is 80.5 Å². The first-order valence-electron chi connectivity index (χ1n) is 6.44. The van der Waals surface area contributed by atoms with Crippen molar-refractivity contribution in [1.82, 2.24) is 0 Å². The van der Waals surface area contributed by atoms with Gasteiger partial charge in [0, 0.05) is 12.1 Å². The van der Waals surface area contributed by atoms with Crippen molar-refractivity contribution in [2.24, 2.45) is 5.73 Å². The molecule has 0 aliphatic heterocycles. The van der Waals surface area contributed by atoms with E-state index in [1.165, 1.54) is 16.4 Å². The lowest BCUT2D eigenvalue weighted by Gasteiger charge is -2.23. The summed E-state index contributed by atoms with van der Waals surface area (Å²) >= 11 is 0. The van der Waals surface area contributed by atoms with Gasteiger partial charge in [-0.1, -0.05) is 18.2 Å². The molecule has 0 aliphatic carbocycles. The third kappa shape index (κ3) is 3.05. The van der Waals surface area contributed by atoms with Crippen molar-refractivity contribution in [3.63, 3.8) is 0 Å². The second-order valence-corrected chi connectivity index (χ2v) is 6.26. The number of rotatable bonds is 5. The predicted molar refractivity (Wildman–Crippen MR) is 81.6 cm³/mol. The number of nitrogens with zero attached hydrogens (tertiary/aromatic N) is 1. The minimum atomic E-state index is -3.62. The fourth-order valence-corrected chi connectivity index (χ4v) is 3.50. The van der Waals surface area contributed by atoms with Crippen LogP contribution in [-0.2, 0) is 10.0 Å². The zero-order valence-corrected chi connectivity index (χ0v) is 12.4. The average Bonchev–Trinajstić information content (AvgIpc) is 2.49. The Bertz CT molecular complexity index is 725. The number of nitrogens with two attached hydrogens (primary N) is 1. The average molecular weight is 304 g/mol. The Morgan fingerprint density at radius 3 is 2.10 bits per heavy atom. The van der Waals surface area contributed by atoms with Crippen molar-refractivity contribution in [2.75, 3.05) is 10.8 Å². The van der Waals surface area contributed by atoms with E-state index in [0.717, 1.165) is 0 Å². The van der Waals surface area contributed by atoms with Crippen molar-refractivity contribution < 1.29 is 13.2 Å². The molecule has 0 saturated carbocycles. The Labute approximate surface area is 124 Å². The van der Waals surface area contributed by atoms with Crippen LogP contribution in [0.4, 0.5) is 5.69 Å². The van der Waals surface area contributed by atoms with Crippen molar-refractivity contribution >= 4 is 21.6 Å². The molecule has 6 heteroatoms. The van der Waals surface area contributed by atoms with E-state index >= 15 is 0 Å². The molecule has 2 rings (SSSR count). The predicted octanol–water partition coefficient (Wildman–Crippen LogP) is 2.00. The molecular weight excluding hydrogens is 288 g/mol. The molecule has 2 N–H and O–H groups in total.